The zero-order valence-electron chi connectivity index (χ0n) is 28.3. The van der Waals surface area contributed by atoms with Crippen LogP contribution in [0.2, 0.25) is 5.02 Å². The van der Waals surface area contributed by atoms with E-state index in [2.05, 4.69) is 25.9 Å². The number of hydrogen-bond acceptors (Lipinski definition) is 8. The van der Waals surface area contributed by atoms with Gasteiger partial charge in [0.1, 0.15) is 18.2 Å². The standard InChI is InChI=1S/C35H45ClN6O5S/c1-34(2,3)29(40-33(46)41-35(4,5)6)32(45)42-19-22(47-27-15-14-21(36)18-37-27)17-25(42)30(44)38-24(16-20-10-9-11-20)28(43)31-39-23-12-7-8-13-26(23)48-31/h7-8,12-15,18,20,22,24-25,29H,9-11,16-17,19H2,1-6H3,(H,38,44)(H2,40,41,46)/t22-,24?,25-,29+/m1/s1. The van der Waals surface area contributed by atoms with Crippen molar-refractivity contribution in [3.63, 3.8) is 0 Å². The molecule has 2 fully saturated rings. The Balaban J connectivity index is 1.41. The van der Waals surface area contributed by atoms with Crippen LogP contribution in [0.3, 0.4) is 0 Å². The SMILES string of the molecule is CC(C)(C)NC(=O)N[C@@H](C(=O)N1C[C@H](Oc2ccc(Cl)cn2)C[C@@H]1C(=O)NC(CC1CCC1)C(=O)c1nc2ccccc2s1)C(C)(C)C. The van der Waals surface area contributed by atoms with Gasteiger partial charge in [-0.1, -0.05) is 63.8 Å². The minimum absolute atomic E-state index is 0.0789. The Labute approximate surface area is 290 Å². The maximum absolute atomic E-state index is 14.4. The van der Waals surface area contributed by atoms with Crippen molar-refractivity contribution in [3.05, 3.63) is 52.6 Å². The van der Waals surface area contributed by atoms with Crippen LogP contribution in [0.15, 0.2) is 42.6 Å². The Morgan fingerprint density at radius 2 is 1.77 bits per heavy atom. The van der Waals surface area contributed by atoms with Gasteiger partial charge in [0.15, 0.2) is 5.01 Å². The van der Waals surface area contributed by atoms with Gasteiger partial charge in [-0.3, -0.25) is 14.4 Å². The number of likely N-dealkylation sites (tertiary alicyclic amines) is 1. The molecular weight excluding hydrogens is 652 g/mol. The predicted octanol–water partition coefficient (Wildman–Crippen LogP) is 5.76. The van der Waals surface area contributed by atoms with Crippen LogP contribution in [-0.4, -0.2) is 74.8 Å². The highest BCUT2D eigenvalue weighted by atomic mass is 35.5. The lowest BCUT2D eigenvalue weighted by atomic mass is 9.80. The van der Waals surface area contributed by atoms with Crippen LogP contribution in [0, 0.1) is 11.3 Å². The van der Waals surface area contributed by atoms with Crippen LogP contribution in [0.25, 0.3) is 10.2 Å². The highest BCUT2D eigenvalue weighted by molar-refractivity contribution is 7.20. The summed E-state index contributed by atoms with van der Waals surface area (Å²) in [6, 6.07) is 7.63. The number of halogens is 1. The minimum atomic E-state index is -0.960. The molecule has 2 aliphatic rings. The molecule has 1 saturated heterocycles. The zero-order chi connectivity index (χ0) is 34.8. The molecule has 3 heterocycles. The summed E-state index contributed by atoms with van der Waals surface area (Å²) < 4.78 is 7.03. The van der Waals surface area contributed by atoms with Gasteiger partial charge < -0.3 is 25.6 Å². The fourth-order valence-electron chi connectivity index (χ4n) is 5.99. The van der Waals surface area contributed by atoms with Crippen LogP contribution in [0.4, 0.5) is 4.79 Å². The van der Waals surface area contributed by atoms with E-state index in [1.54, 1.807) is 12.1 Å². The highest BCUT2D eigenvalue weighted by Crippen LogP contribution is 2.33. The molecule has 5 rings (SSSR count). The lowest BCUT2D eigenvalue weighted by Gasteiger charge is -2.36. The first-order valence-electron chi connectivity index (χ1n) is 16.4. The number of ether oxygens (including phenoxy) is 1. The third kappa shape index (κ3) is 8.82. The number of rotatable bonds is 10. The van der Waals surface area contributed by atoms with E-state index in [0.717, 1.165) is 29.5 Å². The van der Waals surface area contributed by atoms with Crippen LogP contribution >= 0.6 is 22.9 Å². The number of carbonyl (C=O) groups is 4. The van der Waals surface area contributed by atoms with Crippen LogP contribution in [0.1, 0.15) is 83.4 Å². The number of Topliss-reactive ketones (excluding diaryl/α,β-unsaturated/α-hetero) is 1. The van der Waals surface area contributed by atoms with E-state index in [-0.39, 0.29) is 18.7 Å². The van der Waals surface area contributed by atoms with E-state index in [9.17, 15) is 19.2 Å². The smallest absolute Gasteiger partial charge is 0.315 e. The molecule has 1 aliphatic heterocycles. The molecule has 3 aromatic rings. The van der Waals surface area contributed by atoms with Gasteiger partial charge in [-0.25, -0.2) is 14.8 Å². The summed E-state index contributed by atoms with van der Waals surface area (Å²) in [6.45, 7) is 11.2. The summed E-state index contributed by atoms with van der Waals surface area (Å²) in [4.78, 5) is 65.8. The van der Waals surface area contributed by atoms with Crippen molar-refractivity contribution in [2.24, 2.45) is 11.3 Å². The second-order valence-electron chi connectivity index (χ2n) is 14.9. The Bertz CT molecular complexity index is 1610. The van der Waals surface area contributed by atoms with Gasteiger partial charge >= 0.3 is 6.03 Å². The topological polar surface area (TPSA) is 143 Å². The second-order valence-corrected chi connectivity index (χ2v) is 16.4. The van der Waals surface area contributed by atoms with Gasteiger partial charge in [0.25, 0.3) is 0 Å². The van der Waals surface area contributed by atoms with E-state index in [0.29, 0.717) is 28.2 Å². The molecule has 3 N–H and O–H groups in total. The van der Waals surface area contributed by atoms with Crippen molar-refractivity contribution in [1.82, 2.24) is 30.8 Å². The zero-order valence-corrected chi connectivity index (χ0v) is 29.9. The number of hydrogen-bond donors (Lipinski definition) is 3. The second kappa shape index (κ2) is 14.4. The summed E-state index contributed by atoms with van der Waals surface area (Å²) in [5, 5.41) is 9.52. The Kier molecular flexibility index (Phi) is 10.6. The van der Waals surface area contributed by atoms with Crippen LogP contribution < -0.4 is 20.7 Å². The molecule has 1 aliphatic carbocycles. The number of amides is 4. The molecule has 2 aromatic heterocycles. The average Bonchev–Trinajstić information content (AvgIpc) is 3.61. The minimum Gasteiger partial charge on any atom is -0.472 e. The van der Waals surface area contributed by atoms with Gasteiger partial charge in [0.05, 0.1) is 27.8 Å². The van der Waals surface area contributed by atoms with Gasteiger partial charge in [-0.05, 0) is 56.7 Å². The lowest BCUT2D eigenvalue weighted by molar-refractivity contribution is -0.142. The summed E-state index contributed by atoms with van der Waals surface area (Å²) in [5.74, 6) is -0.489. The first-order valence-corrected chi connectivity index (χ1v) is 17.6. The van der Waals surface area contributed by atoms with Crippen molar-refractivity contribution >= 4 is 56.8 Å². The molecule has 1 saturated carbocycles. The normalized spacial score (nSPS) is 19.7. The molecule has 0 radical (unpaired) electrons. The average molecular weight is 697 g/mol. The molecule has 11 nitrogen and oxygen atoms in total. The summed E-state index contributed by atoms with van der Waals surface area (Å²) >= 11 is 7.32. The molecule has 4 amide bonds. The molecular formula is C35H45ClN6O5S. The molecule has 1 aromatic carbocycles. The molecule has 13 heteroatoms. The fraction of sp³-hybridized carbons (Fsp3) is 0.543. The van der Waals surface area contributed by atoms with Gasteiger partial charge in [0.2, 0.25) is 23.5 Å². The molecule has 258 valence electrons. The largest absolute Gasteiger partial charge is 0.472 e. The number of pyridine rings is 1. The van der Waals surface area contributed by atoms with E-state index in [4.69, 9.17) is 16.3 Å². The monoisotopic (exact) mass is 696 g/mol. The lowest BCUT2D eigenvalue weighted by Crippen LogP contribution is -2.61. The van der Waals surface area contributed by atoms with E-state index >= 15 is 0 Å². The maximum Gasteiger partial charge on any atom is 0.315 e. The molecule has 4 atom stereocenters. The van der Waals surface area contributed by atoms with Crippen molar-refractivity contribution in [1.29, 1.82) is 0 Å². The number of urea groups is 1. The maximum atomic E-state index is 14.4. The molecule has 0 bridgehead atoms. The number of thiazole rings is 1. The number of carbonyl (C=O) groups excluding carboxylic acids is 4. The van der Waals surface area contributed by atoms with Crippen molar-refractivity contribution in [2.75, 3.05) is 6.54 Å². The predicted molar refractivity (Wildman–Crippen MR) is 186 cm³/mol. The first-order chi connectivity index (χ1) is 22.6. The number of ketones is 1. The van der Waals surface area contributed by atoms with Crippen molar-refractivity contribution < 1.29 is 23.9 Å². The quantitative estimate of drug-likeness (QED) is 0.229. The Morgan fingerprint density at radius 3 is 2.38 bits per heavy atom. The van der Waals surface area contributed by atoms with Gasteiger partial charge in [-0.15, -0.1) is 11.3 Å². The van der Waals surface area contributed by atoms with E-state index < -0.39 is 53.0 Å². The van der Waals surface area contributed by atoms with E-state index in [1.165, 1.54) is 22.4 Å². The van der Waals surface area contributed by atoms with Gasteiger partial charge in [0, 0.05) is 24.2 Å². The van der Waals surface area contributed by atoms with E-state index in [1.807, 2.05) is 65.8 Å². The summed E-state index contributed by atoms with van der Waals surface area (Å²) in [6.07, 6.45) is 4.62. The van der Waals surface area contributed by atoms with Crippen molar-refractivity contribution in [2.45, 2.75) is 103 Å². The number of aromatic nitrogens is 2. The molecule has 0 spiro atoms. The first kappa shape index (κ1) is 35.5. The van der Waals surface area contributed by atoms with Crippen molar-refractivity contribution in [3.8, 4) is 5.88 Å². The number of para-hydroxylation sites is 1. The number of nitrogens with one attached hydrogen (secondary N) is 3. The third-order valence-electron chi connectivity index (χ3n) is 8.64. The van der Waals surface area contributed by atoms with Crippen LogP contribution in [-0.2, 0) is 9.59 Å². The van der Waals surface area contributed by atoms with Crippen LogP contribution in [0.5, 0.6) is 5.88 Å². The fourth-order valence-corrected chi connectivity index (χ4v) is 7.06. The van der Waals surface area contributed by atoms with Gasteiger partial charge in [-0.2, -0.15) is 0 Å². The molecule has 1 unspecified atom stereocenters. The highest BCUT2D eigenvalue weighted by Gasteiger charge is 2.47. The number of benzene rings is 1. The number of fused-ring (bicyclic) bond motifs is 1. The number of nitrogens with zero attached hydrogens (tertiary/aromatic N) is 3. The summed E-state index contributed by atoms with van der Waals surface area (Å²) in [7, 11) is 0. The Morgan fingerprint density at radius 1 is 1.04 bits per heavy atom. The summed E-state index contributed by atoms with van der Waals surface area (Å²) in [5.41, 5.74) is -0.486. The Hall–Kier alpha value is -3.77. The molecule has 48 heavy (non-hydrogen) atoms. The third-order valence-corrected chi connectivity index (χ3v) is 9.92.